The van der Waals surface area contributed by atoms with Crippen molar-refractivity contribution in [3.63, 3.8) is 0 Å². The summed E-state index contributed by atoms with van der Waals surface area (Å²) in [6, 6.07) is 0. The minimum Gasteiger partial charge on any atom is -0.330 e. The standard InChI is InChI=1S/C17H30BrN3/c1-5-15-17(18)16(21(4)20-15)9-14-8-12(11(2)3)6-7-13(14)10-19/h11-14H,5-10,19H2,1-4H3. The molecule has 0 radical (unpaired) electrons. The maximum Gasteiger partial charge on any atom is 0.0766 e. The zero-order valence-electron chi connectivity index (χ0n) is 13.9. The summed E-state index contributed by atoms with van der Waals surface area (Å²) in [5.74, 6) is 3.02. The van der Waals surface area contributed by atoms with Crippen molar-refractivity contribution in [2.75, 3.05) is 6.54 Å². The summed E-state index contributed by atoms with van der Waals surface area (Å²) >= 11 is 3.76. The monoisotopic (exact) mass is 355 g/mol. The number of rotatable bonds is 5. The van der Waals surface area contributed by atoms with Gasteiger partial charge in [0.05, 0.1) is 15.9 Å². The summed E-state index contributed by atoms with van der Waals surface area (Å²) in [4.78, 5) is 0. The number of aryl methyl sites for hydroxylation is 2. The molecule has 0 bridgehead atoms. The van der Waals surface area contributed by atoms with Gasteiger partial charge in [-0.2, -0.15) is 5.10 Å². The van der Waals surface area contributed by atoms with E-state index in [-0.39, 0.29) is 0 Å². The van der Waals surface area contributed by atoms with E-state index < -0.39 is 0 Å². The molecule has 1 aromatic rings. The second kappa shape index (κ2) is 7.28. The summed E-state index contributed by atoms with van der Waals surface area (Å²) in [5, 5.41) is 4.64. The first-order valence-corrected chi connectivity index (χ1v) is 9.17. The predicted molar refractivity (Wildman–Crippen MR) is 92.2 cm³/mol. The Labute approximate surface area is 137 Å². The van der Waals surface area contributed by atoms with Crippen LogP contribution < -0.4 is 5.73 Å². The van der Waals surface area contributed by atoms with E-state index >= 15 is 0 Å². The molecule has 120 valence electrons. The van der Waals surface area contributed by atoms with Crippen LogP contribution in [0.15, 0.2) is 4.47 Å². The fraction of sp³-hybridized carbons (Fsp3) is 0.824. The third-order valence-corrected chi connectivity index (χ3v) is 6.30. The molecule has 3 unspecified atom stereocenters. The van der Waals surface area contributed by atoms with E-state index in [4.69, 9.17) is 5.73 Å². The van der Waals surface area contributed by atoms with Crippen LogP contribution in [0.5, 0.6) is 0 Å². The summed E-state index contributed by atoms with van der Waals surface area (Å²) in [6.07, 6.45) is 6.05. The summed E-state index contributed by atoms with van der Waals surface area (Å²) in [5.41, 5.74) is 8.56. The molecule has 1 heterocycles. The van der Waals surface area contributed by atoms with Gasteiger partial charge in [-0.25, -0.2) is 0 Å². The fourth-order valence-corrected chi connectivity index (χ4v) is 4.60. The molecule has 3 nitrogen and oxygen atoms in total. The average Bonchev–Trinajstić information content (AvgIpc) is 2.74. The zero-order chi connectivity index (χ0) is 15.6. The Balaban J connectivity index is 2.17. The molecule has 0 aliphatic heterocycles. The number of hydrogen-bond donors (Lipinski definition) is 1. The quantitative estimate of drug-likeness (QED) is 0.869. The average molecular weight is 356 g/mol. The normalized spacial score (nSPS) is 26.5. The summed E-state index contributed by atoms with van der Waals surface area (Å²) in [7, 11) is 2.07. The lowest BCUT2D eigenvalue weighted by Crippen LogP contribution is -2.33. The first-order valence-electron chi connectivity index (χ1n) is 8.38. The minimum absolute atomic E-state index is 0.673. The highest BCUT2D eigenvalue weighted by molar-refractivity contribution is 9.10. The van der Waals surface area contributed by atoms with E-state index in [1.165, 1.54) is 35.1 Å². The van der Waals surface area contributed by atoms with Crippen LogP contribution >= 0.6 is 15.9 Å². The van der Waals surface area contributed by atoms with Crippen molar-refractivity contribution >= 4 is 15.9 Å². The fourth-order valence-electron chi connectivity index (χ4n) is 3.82. The van der Waals surface area contributed by atoms with E-state index in [9.17, 15) is 0 Å². The van der Waals surface area contributed by atoms with Crippen LogP contribution in [0.4, 0.5) is 0 Å². The largest absolute Gasteiger partial charge is 0.330 e. The van der Waals surface area contributed by atoms with Gasteiger partial charge in [0.1, 0.15) is 0 Å². The third kappa shape index (κ3) is 3.70. The first-order chi connectivity index (χ1) is 9.97. The highest BCUT2D eigenvalue weighted by Crippen LogP contribution is 2.39. The smallest absolute Gasteiger partial charge is 0.0766 e. The molecular weight excluding hydrogens is 326 g/mol. The molecule has 1 aliphatic carbocycles. The maximum absolute atomic E-state index is 6.04. The Morgan fingerprint density at radius 1 is 1.33 bits per heavy atom. The van der Waals surface area contributed by atoms with Crippen LogP contribution in [0.2, 0.25) is 0 Å². The Morgan fingerprint density at radius 3 is 2.57 bits per heavy atom. The summed E-state index contributed by atoms with van der Waals surface area (Å²) in [6.45, 7) is 7.71. The van der Waals surface area contributed by atoms with Gasteiger partial charge in [-0.3, -0.25) is 4.68 Å². The molecule has 0 saturated heterocycles. The van der Waals surface area contributed by atoms with Crippen LogP contribution in [0.3, 0.4) is 0 Å². The highest BCUT2D eigenvalue weighted by Gasteiger charge is 2.32. The van der Waals surface area contributed by atoms with Crippen molar-refractivity contribution in [2.24, 2.45) is 36.5 Å². The van der Waals surface area contributed by atoms with Crippen LogP contribution in [0, 0.1) is 23.7 Å². The van der Waals surface area contributed by atoms with Gasteiger partial charge in [0.25, 0.3) is 0 Å². The number of nitrogens with two attached hydrogens (primary N) is 1. The molecule has 4 heteroatoms. The topological polar surface area (TPSA) is 43.8 Å². The van der Waals surface area contributed by atoms with Crippen molar-refractivity contribution in [1.29, 1.82) is 0 Å². The van der Waals surface area contributed by atoms with Crippen molar-refractivity contribution in [1.82, 2.24) is 9.78 Å². The molecule has 1 aliphatic rings. The summed E-state index contributed by atoms with van der Waals surface area (Å²) < 4.78 is 3.28. The molecule has 2 N–H and O–H groups in total. The minimum atomic E-state index is 0.673. The van der Waals surface area contributed by atoms with E-state index in [1.807, 2.05) is 0 Å². The number of halogens is 1. The van der Waals surface area contributed by atoms with Gasteiger partial charge in [0.15, 0.2) is 0 Å². The van der Waals surface area contributed by atoms with Crippen molar-refractivity contribution in [3.8, 4) is 0 Å². The second-order valence-corrected chi connectivity index (χ2v) is 7.75. The SMILES string of the molecule is CCc1nn(C)c(CC2CC(C(C)C)CCC2CN)c1Br. The molecule has 3 atom stereocenters. The number of hydrogen-bond acceptors (Lipinski definition) is 2. The lowest BCUT2D eigenvalue weighted by Gasteiger charge is -2.37. The van der Waals surface area contributed by atoms with Crippen LogP contribution in [-0.4, -0.2) is 16.3 Å². The Hall–Kier alpha value is -0.350. The zero-order valence-corrected chi connectivity index (χ0v) is 15.5. The molecular formula is C17H30BrN3. The molecule has 0 aromatic carbocycles. The maximum atomic E-state index is 6.04. The van der Waals surface area contributed by atoms with Crippen LogP contribution in [0.1, 0.15) is 51.4 Å². The Kier molecular flexibility index (Phi) is 5.89. The van der Waals surface area contributed by atoms with Gasteiger partial charge in [-0.1, -0.05) is 20.8 Å². The molecule has 2 rings (SSSR count). The highest BCUT2D eigenvalue weighted by atomic mass is 79.9. The van der Waals surface area contributed by atoms with Gasteiger partial charge in [0.2, 0.25) is 0 Å². The molecule has 0 amide bonds. The molecule has 1 saturated carbocycles. The van der Waals surface area contributed by atoms with E-state index in [1.54, 1.807) is 0 Å². The van der Waals surface area contributed by atoms with E-state index in [0.717, 1.165) is 31.2 Å². The van der Waals surface area contributed by atoms with Gasteiger partial charge >= 0.3 is 0 Å². The van der Waals surface area contributed by atoms with Gasteiger partial charge in [-0.05, 0) is 78.3 Å². The molecule has 0 spiro atoms. The second-order valence-electron chi connectivity index (χ2n) is 6.96. The van der Waals surface area contributed by atoms with Gasteiger partial charge in [-0.15, -0.1) is 0 Å². The van der Waals surface area contributed by atoms with E-state index in [2.05, 4.69) is 53.5 Å². The van der Waals surface area contributed by atoms with Crippen molar-refractivity contribution in [2.45, 2.75) is 52.9 Å². The van der Waals surface area contributed by atoms with Gasteiger partial charge in [0, 0.05) is 7.05 Å². The first kappa shape index (κ1) is 17.0. The van der Waals surface area contributed by atoms with Crippen molar-refractivity contribution in [3.05, 3.63) is 15.9 Å². The molecule has 1 aromatic heterocycles. The number of nitrogens with zero attached hydrogens (tertiary/aromatic N) is 2. The Morgan fingerprint density at radius 2 is 2.05 bits per heavy atom. The van der Waals surface area contributed by atoms with E-state index in [0.29, 0.717) is 11.8 Å². The molecule has 1 fully saturated rings. The van der Waals surface area contributed by atoms with Crippen LogP contribution in [0.25, 0.3) is 0 Å². The predicted octanol–water partition coefficient (Wildman–Crippen LogP) is 3.93. The van der Waals surface area contributed by atoms with Crippen molar-refractivity contribution < 1.29 is 0 Å². The third-order valence-electron chi connectivity index (χ3n) is 5.38. The lowest BCUT2D eigenvalue weighted by molar-refractivity contribution is 0.149. The van der Waals surface area contributed by atoms with Crippen LogP contribution in [-0.2, 0) is 19.9 Å². The lowest BCUT2D eigenvalue weighted by atomic mass is 9.69. The molecule has 21 heavy (non-hydrogen) atoms. The Bertz CT molecular complexity index is 467. The van der Waals surface area contributed by atoms with Gasteiger partial charge < -0.3 is 5.73 Å². The number of aromatic nitrogens is 2.